The van der Waals surface area contributed by atoms with Crippen molar-refractivity contribution in [2.45, 2.75) is 13.8 Å². The van der Waals surface area contributed by atoms with E-state index in [0.717, 1.165) is 45.1 Å². The Bertz CT molecular complexity index is 1630. The molecule has 0 saturated carbocycles. The number of H-pyrrole nitrogens is 1. The van der Waals surface area contributed by atoms with Gasteiger partial charge in [-0.25, -0.2) is 4.99 Å². The Morgan fingerprint density at radius 3 is 1.78 bits per heavy atom. The molecule has 5 aromatic rings. The maximum absolute atomic E-state index is 5.13. The lowest BCUT2D eigenvalue weighted by atomic mass is 10.00. The molecule has 4 aromatic carbocycles. The Balaban J connectivity index is 1.51. The van der Waals surface area contributed by atoms with Crippen molar-refractivity contribution in [1.82, 2.24) is 4.98 Å². The fraction of sp³-hybridized carbons (Fsp3) is 0.0571. The fourth-order valence-corrected chi connectivity index (χ4v) is 4.73. The van der Waals surface area contributed by atoms with Crippen LogP contribution < -0.4 is 0 Å². The summed E-state index contributed by atoms with van der Waals surface area (Å²) in [5.74, 6) is 0. The highest BCUT2D eigenvalue weighted by Crippen LogP contribution is 2.36. The number of allylic oxidation sites excluding steroid dienone is 2. The maximum atomic E-state index is 5.13. The molecule has 0 bridgehead atoms. The summed E-state index contributed by atoms with van der Waals surface area (Å²) in [5.41, 5.74) is 13.5. The highest BCUT2D eigenvalue weighted by atomic mass is 14.8. The number of aromatic nitrogens is 1. The molecule has 37 heavy (non-hydrogen) atoms. The van der Waals surface area contributed by atoms with E-state index in [0.29, 0.717) is 0 Å². The molecule has 2 nitrogen and oxygen atoms in total. The summed E-state index contributed by atoms with van der Waals surface area (Å²) >= 11 is 0. The SMILES string of the molecule is Cc1ccc(C2=NC(=Cc3[nH]c(-c4ccc(C)cc4)cc3-c3ccccc3)C(c3ccccc3)=C2)cc1. The fourth-order valence-electron chi connectivity index (χ4n) is 4.73. The summed E-state index contributed by atoms with van der Waals surface area (Å²) in [6.07, 6.45) is 4.40. The molecule has 2 heteroatoms. The first-order valence-electron chi connectivity index (χ1n) is 12.6. The van der Waals surface area contributed by atoms with E-state index in [9.17, 15) is 0 Å². The third-order valence-corrected chi connectivity index (χ3v) is 6.81. The molecule has 2 heterocycles. The number of aryl methyl sites for hydroxylation is 2. The molecule has 0 amide bonds. The standard InChI is InChI=1S/C35H28N2/c1-24-13-17-28(18-14-24)32-21-30(26-9-5-3-6-10-26)34(36-32)23-35-31(27-11-7-4-8-12-27)22-33(37-35)29-19-15-25(2)16-20-29/h3-23,36H,1-2H3. The van der Waals surface area contributed by atoms with Crippen molar-refractivity contribution >= 4 is 17.4 Å². The summed E-state index contributed by atoms with van der Waals surface area (Å²) < 4.78 is 0. The molecule has 178 valence electrons. The quantitative estimate of drug-likeness (QED) is 0.262. The number of nitrogens with zero attached hydrogens (tertiary/aromatic N) is 1. The third kappa shape index (κ3) is 4.74. The van der Waals surface area contributed by atoms with Crippen LogP contribution in [0.2, 0.25) is 0 Å². The molecule has 0 unspecified atom stereocenters. The summed E-state index contributed by atoms with van der Waals surface area (Å²) in [6, 6.07) is 40.5. The second-order valence-corrected chi connectivity index (χ2v) is 9.56. The predicted octanol–water partition coefficient (Wildman–Crippen LogP) is 8.89. The highest BCUT2D eigenvalue weighted by Gasteiger charge is 2.19. The van der Waals surface area contributed by atoms with Crippen LogP contribution in [0.25, 0.3) is 34.0 Å². The average Bonchev–Trinajstić information content (AvgIpc) is 3.56. The number of rotatable bonds is 5. The predicted molar refractivity (Wildman–Crippen MR) is 157 cm³/mol. The van der Waals surface area contributed by atoms with E-state index in [1.807, 2.05) is 0 Å². The van der Waals surface area contributed by atoms with Gasteiger partial charge in [-0.3, -0.25) is 0 Å². The zero-order chi connectivity index (χ0) is 25.2. The molecule has 1 aromatic heterocycles. The first-order valence-corrected chi connectivity index (χ1v) is 12.6. The normalized spacial score (nSPS) is 14.1. The van der Waals surface area contributed by atoms with Gasteiger partial charge in [0.05, 0.1) is 11.4 Å². The van der Waals surface area contributed by atoms with Crippen LogP contribution in [0.15, 0.2) is 132 Å². The molecule has 0 aliphatic carbocycles. The number of hydrogen-bond donors (Lipinski definition) is 1. The maximum Gasteiger partial charge on any atom is 0.0737 e. The van der Waals surface area contributed by atoms with Gasteiger partial charge in [0.2, 0.25) is 0 Å². The van der Waals surface area contributed by atoms with Gasteiger partial charge in [0.15, 0.2) is 0 Å². The second-order valence-electron chi connectivity index (χ2n) is 9.56. The summed E-state index contributed by atoms with van der Waals surface area (Å²) in [5, 5.41) is 0. The first-order chi connectivity index (χ1) is 18.1. The van der Waals surface area contributed by atoms with Crippen molar-refractivity contribution in [3.05, 3.63) is 155 Å². The van der Waals surface area contributed by atoms with E-state index < -0.39 is 0 Å². The molecular weight excluding hydrogens is 448 g/mol. The molecule has 1 aliphatic heterocycles. The lowest BCUT2D eigenvalue weighted by Crippen LogP contribution is -1.93. The van der Waals surface area contributed by atoms with Crippen molar-refractivity contribution < 1.29 is 0 Å². The van der Waals surface area contributed by atoms with Crippen LogP contribution >= 0.6 is 0 Å². The molecule has 6 rings (SSSR count). The Morgan fingerprint density at radius 2 is 1.16 bits per heavy atom. The average molecular weight is 477 g/mol. The van der Waals surface area contributed by atoms with Gasteiger partial charge < -0.3 is 4.98 Å². The summed E-state index contributed by atoms with van der Waals surface area (Å²) in [4.78, 5) is 8.84. The molecule has 0 saturated heterocycles. The monoisotopic (exact) mass is 476 g/mol. The van der Waals surface area contributed by atoms with Crippen LogP contribution in [0.5, 0.6) is 0 Å². The minimum absolute atomic E-state index is 0.955. The van der Waals surface area contributed by atoms with Crippen molar-refractivity contribution in [2.75, 3.05) is 0 Å². The minimum atomic E-state index is 0.955. The molecule has 0 spiro atoms. The topological polar surface area (TPSA) is 28.1 Å². The first kappa shape index (κ1) is 22.8. The molecule has 1 N–H and O–H groups in total. The van der Waals surface area contributed by atoms with E-state index in [1.165, 1.54) is 22.3 Å². The molecule has 0 fully saturated rings. The lowest BCUT2D eigenvalue weighted by Gasteiger charge is -2.05. The van der Waals surface area contributed by atoms with Crippen LogP contribution in [-0.2, 0) is 0 Å². The van der Waals surface area contributed by atoms with Crippen LogP contribution in [0.3, 0.4) is 0 Å². The van der Waals surface area contributed by atoms with Gasteiger partial charge >= 0.3 is 0 Å². The zero-order valence-electron chi connectivity index (χ0n) is 21.1. The Kier molecular flexibility index (Phi) is 6.00. The Labute approximate surface area is 218 Å². The van der Waals surface area contributed by atoms with Crippen LogP contribution in [0.4, 0.5) is 0 Å². The van der Waals surface area contributed by atoms with E-state index in [2.05, 4.69) is 146 Å². The van der Waals surface area contributed by atoms with E-state index in [1.54, 1.807) is 0 Å². The molecular formula is C35H28N2. The number of hydrogen-bond acceptors (Lipinski definition) is 1. The van der Waals surface area contributed by atoms with Gasteiger partial charge in [0.1, 0.15) is 0 Å². The van der Waals surface area contributed by atoms with Gasteiger partial charge in [0.25, 0.3) is 0 Å². The van der Waals surface area contributed by atoms with Crippen molar-refractivity contribution in [3.63, 3.8) is 0 Å². The van der Waals surface area contributed by atoms with Crippen LogP contribution in [-0.4, -0.2) is 10.7 Å². The smallest absolute Gasteiger partial charge is 0.0737 e. The van der Waals surface area contributed by atoms with Gasteiger partial charge in [-0.1, -0.05) is 120 Å². The van der Waals surface area contributed by atoms with Gasteiger partial charge in [-0.05, 0) is 48.8 Å². The Morgan fingerprint density at radius 1 is 0.595 bits per heavy atom. The minimum Gasteiger partial charge on any atom is -0.354 e. The van der Waals surface area contributed by atoms with Gasteiger partial charge in [-0.2, -0.15) is 0 Å². The van der Waals surface area contributed by atoms with Crippen molar-refractivity contribution in [2.24, 2.45) is 4.99 Å². The molecule has 0 atom stereocenters. The Hall–Kier alpha value is -4.69. The molecule has 0 radical (unpaired) electrons. The van der Waals surface area contributed by atoms with Crippen LogP contribution in [0, 0.1) is 13.8 Å². The summed E-state index contributed by atoms with van der Waals surface area (Å²) in [6.45, 7) is 4.23. The number of aromatic amines is 1. The molecule has 1 aliphatic rings. The number of aliphatic imine (C=N–C) groups is 1. The highest BCUT2D eigenvalue weighted by molar-refractivity contribution is 6.18. The van der Waals surface area contributed by atoms with Crippen molar-refractivity contribution in [1.29, 1.82) is 0 Å². The number of nitrogens with one attached hydrogen (secondary N) is 1. The largest absolute Gasteiger partial charge is 0.354 e. The van der Waals surface area contributed by atoms with E-state index >= 15 is 0 Å². The summed E-state index contributed by atoms with van der Waals surface area (Å²) in [7, 11) is 0. The van der Waals surface area contributed by atoms with E-state index in [-0.39, 0.29) is 0 Å². The third-order valence-electron chi connectivity index (χ3n) is 6.81. The van der Waals surface area contributed by atoms with E-state index in [4.69, 9.17) is 4.99 Å². The lowest BCUT2D eigenvalue weighted by molar-refractivity contribution is 1.35. The van der Waals surface area contributed by atoms with Crippen LogP contribution in [0.1, 0.15) is 27.9 Å². The number of benzene rings is 4. The zero-order valence-corrected chi connectivity index (χ0v) is 21.1. The second kappa shape index (κ2) is 9.75. The van der Waals surface area contributed by atoms with Gasteiger partial charge in [0, 0.05) is 28.1 Å². The van der Waals surface area contributed by atoms with Gasteiger partial charge in [-0.15, -0.1) is 0 Å². The van der Waals surface area contributed by atoms with Crippen molar-refractivity contribution in [3.8, 4) is 22.4 Å².